The quantitative estimate of drug-likeness (QED) is 0.226. The lowest BCUT2D eigenvalue weighted by molar-refractivity contribution is -0.00956. The monoisotopic (exact) mass is 561 g/mol. The number of nitrogens with one attached hydrogen (secondary N) is 1. The smallest absolute Gasteiger partial charge is 0.428 e. The molecule has 0 spiro atoms. The van der Waals surface area contributed by atoms with Gasteiger partial charge in [0, 0.05) is 49.7 Å². The minimum absolute atomic E-state index is 0.212. The number of piperazine rings is 1. The van der Waals surface area contributed by atoms with Gasteiger partial charge in [-0.05, 0) is 60.9 Å². The molecule has 1 aliphatic heterocycles. The fourth-order valence-electron chi connectivity index (χ4n) is 4.72. The van der Waals surface area contributed by atoms with E-state index in [2.05, 4.69) is 64.1 Å². The molecule has 4 rings (SSSR count). The first kappa shape index (κ1) is 29.4. The highest BCUT2D eigenvalue weighted by atomic mass is 35.5. The van der Waals surface area contributed by atoms with E-state index in [1.807, 2.05) is 41.9 Å². The number of nitrogens with zero attached hydrogens (tertiary/aromatic N) is 2. The molecular weight excluding hydrogens is 526 g/mol. The van der Waals surface area contributed by atoms with Gasteiger partial charge in [-0.25, -0.2) is 4.79 Å². The van der Waals surface area contributed by atoms with Crippen LogP contribution in [0.2, 0.25) is 5.02 Å². The van der Waals surface area contributed by atoms with Gasteiger partial charge in [-0.15, -0.1) is 0 Å². The number of carboxylic acid groups (broad SMARTS) is 1. The minimum Gasteiger partial charge on any atom is -0.492 e. The van der Waals surface area contributed by atoms with E-state index in [9.17, 15) is 4.79 Å². The van der Waals surface area contributed by atoms with Gasteiger partial charge in [-0.3, -0.25) is 14.6 Å². The molecule has 1 saturated heterocycles. The van der Waals surface area contributed by atoms with E-state index >= 15 is 0 Å². The van der Waals surface area contributed by atoms with Gasteiger partial charge in [0.2, 0.25) is 0 Å². The van der Waals surface area contributed by atoms with Gasteiger partial charge in [-0.1, -0.05) is 65.9 Å². The number of amides is 1. The molecule has 1 heterocycles. The van der Waals surface area contributed by atoms with Crippen molar-refractivity contribution in [3.05, 3.63) is 101 Å². The molecule has 2 atom stereocenters. The minimum atomic E-state index is -1.20. The summed E-state index contributed by atoms with van der Waals surface area (Å²) < 4.78 is 6.00. The Morgan fingerprint density at radius 3 is 2.33 bits per heavy atom. The lowest BCUT2D eigenvalue weighted by Crippen LogP contribution is -2.48. The summed E-state index contributed by atoms with van der Waals surface area (Å²) in [5.74, 6) is 7.05. The number of hydrogen-bond acceptors (Lipinski definition) is 5. The van der Waals surface area contributed by atoms with Gasteiger partial charge >= 0.3 is 6.09 Å². The summed E-state index contributed by atoms with van der Waals surface area (Å²) in [7, 11) is 0. The average molecular weight is 562 g/mol. The number of carbonyl (C=O) groups is 1. The topological polar surface area (TPSA) is 74.3 Å². The second kappa shape index (κ2) is 15.3. The van der Waals surface area contributed by atoms with E-state index in [1.165, 1.54) is 11.1 Å². The molecule has 0 radical (unpaired) electrons. The molecule has 0 bridgehead atoms. The van der Waals surface area contributed by atoms with Crippen LogP contribution >= 0.6 is 11.6 Å². The molecule has 2 N–H and O–H groups in total. The van der Waals surface area contributed by atoms with Gasteiger partial charge in [0.15, 0.2) is 0 Å². The van der Waals surface area contributed by atoms with Crippen molar-refractivity contribution < 1.29 is 19.5 Å². The number of hydroxylamine groups is 1. The normalized spacial score (nSPS) is 15.4. The first-order chi connectivity index (χ1) is 19.5. The zero-order valence-corrected chi connectivity index (χ0v) is 23.5. The van der Waals surface area contributed by atoms with Crippen LogP contribution in [-0.2, 0) is 4.84 Å². The largest absolute Gasteiger partial charge is 0.492 e. The van der Waals surface area contributed by atoms with Crippen LogP contribution in [0.4, 0.5) is 4.79 Å². The lowest BCUT2D eigenvalue weighted by Gasteiger charge is -2.39. The third kappa shape index (κ3) is 9.29. The summed E-state index contributed by atoms with van der Waals surface area (Å²) in [6.07, 6.45) is -0.195. The Balaban J connectivity index is 1.20. The third-order valence-electron chi connectivity index (χ3n) is 6.86. The summed E-state index contributed by atoms with van der Waals surface area (Å²) in [4.78, 5) is 20.4. The standard InChI is InChI=1S/C32H36ClN3O4/c1-25(40-34-32(37)38)7-5-6-8-26-11-17-30(18-12-26)39-24-23-35-19-21-36(22-20-35)31(27-9-3-2-4-10-27)28-13-15-29(33)16-14-28/h2-4,9-18,25,31,34H,5,7,19-24H2,1H3,(H,37,38)/t25?,31-/m1/s1. The maximum atomic E-state index is 10.4. The van der Waals surface area contributed by atoms with Crippen molar-refractivity contribution in [2.45, 2.75) is 31.9 Å². The van der Waals surface area contributed by atoms with Crippen molar-refractivity contribution in [1.82, 2.24) is 15.3 Å². The Bertz CT molecular complexity index is 1250. The first-order valence-corrected chi connectivity index (χ1v) is 14.0. The Labute approximate surface area is 241 Å². The molecule has 0 saturated carbocycles. The fraction of sp³-hybridized carbons (Fsp3) is 0.344. The molecule has 7 nitrogen and oxygen atoms in total. The zero-order chi connectivity index (χ0) is 28.2. The number of benzene rings is 3. The van der Waals surface area contributed by atoms with Crippen molar-refractivity contribution in [2.75, 3.05) is 39.3 Å². The summed E-state index contributed by atoms with van der Waals surface area (Å²) in [6.45, 7) is 7.26. The molecule has 1 unspecified atom stereocenters. The Morgan fingerprint density at radius 2 is 1.65 bits per heavy atom. The molecule has 8 heteroatoms. The predicted molar refractivity (Wildman–Crippen MR) is 158 cm³/mol. The van der Waals surface area contributed by atoms with Crippen LogP contribution in [0.15, 0.2) is 78.9 Å². The molecular formula is C32H36ClN3O4. The van der Waals surface area contributed by atoms with E-state index < -0.39 is 6.09 Å². The molecule has 210 valence electrons. The van der Waals surface area contributed by atoms with Crippen molar-refractivity contribution in [3.8, 4) is 17.6 Å². The van der Waals surface area contributed by atoms with Crippen LogP contribution in [0.25, 0.3) is 0 Å². The van der Waals surface area contributed by atoms with Crippen LogP contribution in [0.3, 0.4) is 0 Å². The van der Waals surface area contributed by atoms with Crippen molar-refractivity contribution in [1.29, 1.82) is 0 Å². The average Bonchev–Trinajstić information content (AvgIpc) is 2.97. The summed E-state index contributed by atoms with van der Waals surface area (Å²) >= 11 is 6.16. The number of ether oxygens (including phenoxy) is 1. The Morgan fingerprint density at radius 1 is 0.975 bits per heavy atom. The van der Waals surface area contributed by atoms with E-state index in [4.69, 9.17) is 26.3 Å². The maximum Gasteiger partial charge on any atom is 0.428 e. The number of rotatable bonds is 11. The van der Waals surface area contributed by atoms with Crippen LogP contribution in [-0.4, -0.2) is 66.4 Å². The Hall–Kier alpha value is -3.54. The van der Waals surface area contributed by atoms with E-state index in [1.54, 1.807) is 6.92 Å². The molecule has 0 aliphatic carbocycles. The van der Waals surface area contributed by atoms with Crippen LogP contribution in [0, 0.1) is 11.8 Å². The van der Waals surface area contributed by atoms with Gasteiger partial charge < -0.3 is 9.84 Å². The second-order valence-electron chi connectivity index (χ2n) is 9.79. The highest BCUT2D eigenvalue weighted by molar-refractivity contribution is 6.30. The van der Waals surface area contributed by atoms with Gasteiger partial charge in [-0.2, -0.15) is 5.48 Å². The van der Waals surface area contributed by atoms with Crippen LogP contribution in [0.1, 0.15) is 42.5 Å². The molecule has 3 aromatic carbocycles. The van der Waals surface area contributed by atoms with Gasteiger partial charge in [0.05, 0.1) is 12.1 Å². The SMILES string of the molecule is CC(CCC#Cc1ccc(OCCN2CCN([C@H](c3ccccc3)c3ccc(Cl)cc3)CC2)cc1)ONC(=O)O. The molecule has 1 amide bonds. The zero-order valence-electron chi connectivity index (χ0n) is 22.8. The van der Waals surface area contributed by atoms with Gasteiger partial charge in [0.25, 0.3) is 0 Å². The Kier molecular flexibility index (Phi) is 11.3. The molecule has 0 aromatic heterocycles. The fourth-order valence-corrected chi connectivity index (χ4v) is 4.84. The van der Waals surface area contributed by atoms with Crippen molar-refractivity contribution in [3.63, 3.8) is 0 Å². The van der Waals surface area contributed by atoms with E-state index in [0.717, 1.165) is 49.1 Å². The lowest BCUT2D eigenvalue weighted by atomic mass is 9.96. The first-order valence-electron chi connectivity index (χ1n) is 13.6. The van der Waals surface area contributed by atoms with E-state index in [-0.39, 0.29) is 12.1 Å². The predicted octanol–water partition coefficient (Wildman–Crippen LogP) is 5.85. The maximum absolute atomic E-state index is 10.4. The summed E-state index contributed by atoms with van der Waals surface area (Å²) in [6, 6.07) is 26.9. The highest BCUT2D eigenvalue weighted by Gasteiger charge is 2.26. The molecule has 1 fully saturated rings. The number of halogens is 1. The van der Waals surface area contributed by atoms with E-state index in [0.29, 0.717) is 19.4 Å². The summed E-state index contributed by atoms with van der Waals surface area (Å²) in [5.41, 5.74) is 5.38. The van der Waals surface area contributed by atoms with Crippen LogP contribution in [0.5, 0.6) is 5.75 Å². The summed E-state index contributed by atoms with van der Waals surface area (Å²) in [5, 5.41) is 9.31. The molecule has 1 aliphatic rings. The molecule has 3 aromatic rings. The third-order valence-corrected chi connectivity index (χ3v) is 7.11. The highest BCUT2D eigenvalue weighted by Crippen LogP contribution is 2.30. The van der Waals surface area contributed by atoms with Crippen molar-refractivity contribution >= 4 is 17.7 Å². The second-order valence-corrected chi connectivity index (χ2v) is 10.2. The number of hydrogen-bond donors (Lipinski definition) is 2. The van der Waals surface area contributed by atoms with Gasteiger partial charge in [0.1, 0.15) is 12.4 Å². The van der Waals surface area contributed by atoms with Crippen molar-refractivity contribution in [2.24, 2.45) is 0 Å². The molecule has 40 heavy (non-hydrogen) atoms. The van der Waals surface area contributed by atoms with Crippen LogP contribution < -0.4 is 10.2 Å².